The molecule has 3 amide bonds. The summed E-state index contributed by atoms with van der Waals surface area (Å²) in [5.41, 5.74) is -0.190. The molecule has 154 valence electrons. The minimum Gasteiger partial charge on any atom is -0.492 e. The molecule has 1 saturated heterocycles. The highest BCUT2D eigenvalue weighted by Gasteiger charge is 2.26. The lowest BCUT2D eigenvalue weighted by molar-refractivity contribution is -0.125. The SMILES string of the molecule is O=C(NC(=O)C1CCN(CCOc2ccccc2)CC1)Nc1ccc(F)cc1F. The summed E-state index contributed by atoms with van der Waals surface area (Å²) in [6, 6.07) is 11.5. The van der Waals surface area contributed by atoms with E-state index in [9.17, 15) is 18.4 Å². The average Bonchev–Trinajstić information content (AvgIpc) is 2.71. The van der Waals surface area contributed by atoms with Crippen LogP contribution in [0.3, 0.4) is 0 Å². The molecular formula is C21H23F2N3O3. The van der Waals surface area contributed by atoms with Gasteiger partial charge in [-0.3, -0.25) is 15.0 Å². The van der Waals surface area contributed by atoms with Gasteiger partial charge in [-0.2, -0.15) is 0 Å². The number of para-hydroxylation sites is 1. The molecule has 2 aromatic carbocycles. The van der Waals surface area contributed by atoms with Crippen LogP contribution in [0.5, 0.6) is 5.75 Å². The van der Waals surface area contributed by atoms with E-state index in [0.717, 1.165) is 37.5 Å². The van der Waals surface area contributed by atoms with Crippen molar-refractivity contribution in [3.63, 3.8) is 0 Å². The van der Waals surface area contributed by atoms with Crippen LogP contribution in [0.1, 0.15) is 12.8 Å². The maximum Gasteiger partial charge on any atom is 0.325 e. The first-order chi connectivity index (χ1) is 14.0. The molecule has 1 aliphatic heterocycles. The molecule has 0 aliphatic carbocycles. The number of hydrogen-bond acceptors (Lipinski definition) is 4. The second-order valence-corrected chi connectivity index (χ2v) is 6.84. The van der Waals surface area contributed by atoms with Crippen molar-refractivity contribution >= 4 is 17.6 Å². The van der Waals surface area contributed by atoms with Crippen LogP contribution in [-0.4, -0.2) is 43.1 Å². The number of anilines is 1. The monoisotopic (exact) mass is 403 g/mol. The van der Waals surface area contributed by atoms with Gasteiger partial charge in [0.2, 0.25) is 5.91 Å². The molecule has 0 unspecified atom stereocenters. The van der Waals surface area contributed by atoms with Gasteiger partial charge in [-0.15, -0.1) is 0 Å². The Morgan fingerprint density at radius 3 is 2.48 bits per heavy atom. The van der Waals surface area contributed by atoms with E-state index in [2.05, 4.69) is 15.5 Å². The summed E-state index contributed by atoms with van der Waals surface area (Å²) >= 11 is 0. The molecule has 0 spiro atoms. The van der Waals surface area contributed by atoms with Gasteiger partial charge < -0.3 is 10.1 Å². The first-order valence-electron chi connectivity index (χ1n) is 9.48. The van der Waals surface area contributed by atoms with E-state index in [-0.39, 0.29) is 11.6 Å². The van der Waals surface area contributed by atoms with E-state index in [4.69, 9.17) is 4.74 Å². The normalized spacial score (nSPS) is 15.0. The van der Waals surface area contributed by atoms with Gasteiger partial charge in [-0.1, -0.05) is 18.2 Å². The second kappa shape index (κ2) is 9.97. The van der Waals surface area contributed by atoms with Gasteiger partial charge in [0.1, 0.15) is 24.0 Å². The maximum atomic E-state index is 13.6. The van der Waals surface area contributed by atoms with Crippen molar-refractivity contribution in [1.29, 1.82) is 0 Å². The van der Waals surface area contributed by atoms with Gasteiger partial charge in [-0.25, -0.2) is 13.6 Å². The summed E-state index contributed by atoms with van der Waals surface area (Å²) in [5, 5.41) is 4.45. The predicted molar refractivity (Wildman–Crippen MR) is 105 cm³/mol. The van der Waals surface area contributed by atoms with Crippen molar-refractivity contribution in [2.24, 2.45) is 5.92 Å². The van der Waals surface area contributed by atoms with Crippen LogP contribution in [0.2, 0.25) is 0 Å². The number of rotatable bonds is 6. The van der Waals surface area contributed by atoms with Crippen molar-refractivity contribution < 1.29 is 23.1 Å². The van der Waals surface area contributed by atoms with Gasteiger partial charge in [0.05, 0.1) is 5.69 Å². The summed E-state index contributed by atoms with van der Waals surface area (Å²) in [6.07, 6.45) is 1.24. The van der Waals surface area contributed by atoms with Crippen LogP contribution in [-0.2, 0) is 4.79 Å². The molecule has 0 bridgehead atoms. The van der Waals surface area contributed by atoms with Gasteiger partial charge in [0.15, 0.2) is 0 Å². The number of urea groups is 1. The molecule has 6 nitrogen and oxygen atoms in total. The molecule has 0 aromatic heterocycles. The fourth-order valence-electron chi connectivity index (χ4n) is 3.19. The molecule has 0 saturated carbocycles. The van der Waals surface area contributed by atoms with Crippen LogP contribution >= 0.6 is 0 Å². The van der Waals surface area contributed by atoms with E-state index < -0.39 is 23.6 Å². The number of likely N-dealkylation sites (tertiary alicyclic amines) is 1. The lowest BCUT2D eigenvalue weighted by Crippen LogP contribution is -2.44. The lowest BCUT2D eigenvalue weighted by atomic mass is 9.96. The number of imide groups is 1. The molecule has 0 radical (unpaired) electrons. The Hall–Kier alpha value is -3.00. The van der Waals surface area contributed by atoms with Crippen LogP contribution in [0.25, 0.3) is 0 Å². The lowest BCUT2D eigenvalue weighted by Gasteiger charge is -2.30. The van der Waals surface area contributed by atoms with Gasteiger partial charge in [0, 0.05) is 18.5 Å². The third-order valence-corrected chi connectivity index (χ3v) is 4.79. The number of carbonyl (C=O) groups is 2. The first kappa shape index (κ1) is 20.7. The van der Waals surface area contributed by atoms with Crippen molar-refractivity contribution in [2.45, 2.75) is 12.8 Å². The average molecular weight is 403 g/mol. The quantitative estimate of drug-likeness (QED) is 0.776. The van der Waals surface area contributed by atoms with Crippen molar-refractivity contribution in [2.75, 3.05) is 31.6 Å². The topological polar surface area (TPSA) is 70.7 Å². The van der Waals surface area contributed by atoms with Crippen molar-refractivity contribution in [3.8, 4) is 5.75 Å². The standard InChI is InChI=1S/C21H23F2N3O3/c22-16-6-7-19(18(23)14-16)24-21(28)25-20(27)15-8-10-26(11-9-15)12-13-29-17-4-2-1-3-5-17/h1-7,14-15H,8-13H2,(H2,24,25,27,28). The minimum atomic E-state index is -0.904. The van der Waals surface area contributed by atoms with E-state index in [1.165, 1.54) is 0 Å². The fourth-order valence-corrected chi connectivity index (χ4v) is 3.19. The Labute approximate surface area is 167 Å². The van der Waals surface area contributed by atoms with Crippen molar-refractivity contribution in [1.82, 2.24) is 10.2 Å². The van der Waals surface area contributed by atoms with Crippen LogP contribution < -0.4 is 15.4 Å². The number of amides is 3. The highest BCUT2D eigenvalue weighted by Crippen LogP contribution is 2.18. The molecule has 8 heteroatoms. The van der Waals surface area contributed by atoms with E-state index in [1.807, 2.05) is 30.3 Å². The first-order valence-corrected chi connectivity index (χ1v) is 9.48. The zero-order valence-corrected chi connectivity index (χ0v) is 15.9. The zero-order valence-electron chi connectivity index (χ0n) is 15.9. The maximum absolute atomic E-state index is 13.6. The largest absolute Gasteiger partial charge is 0.492 e. The van der Waals surface area contributed by atoms with Crippen LogP contribution in [0, 0.1) is 17.6 Å². The molecule has 2 aromatic rings. The molecule has 0 atom stereocenters. The smallest absolute Gasteiger partial charge is 0.325 e. The van der Waals surface area contributed by atoms with Gasteiger partial charge in [-0.05, 0) is 50.2 Å². The van der Waals surface area contributed by atoms with Gasteiger partial charge in [0.25, 0.3) is 0 Å². The van der Waals surface area contributed by atoms with E-state index >= 15 is 0 Å². The number of hydrogen-bond donors (Lipinski definition) is 2. The number of nitrogens with zero attached hydrogens (tertiary/aromatic N) is 1. The second-order valence-electron chi connectivity index (χ2n) is 6.84. The number of halogens is 2. The summed E-state index contributed by atoms with van der Waals surface area (Å²) in [6.45, 7) is 2.77. The number of carbonyl (C=O) groups excluding carboxylic acids is 2. The third kappa shape index (κ3) is 6.25. The summed E-state index contributed by atoms with van der Waals surface area (Å²) < 4.78 is 32.2. The van der Waals surface area contributed by atoms with Crippen LogP contribution in [0.4, 0.5) is 19.3 Å². The number of ether oxygens (including phenoxy) is 1. The van der Waals surface area contributed by atoms with Crippen molar-refractivity contribution in [3.05, 3.63) is 60.2 Å². The molecular weight excluding hydrogens is 380 g/mol. The number of piperidine rings is 1. The zero-order chi connectivity index (χ0) is 20.6. The van der Waals surface area contributed by atoms with E-state index in [1.54, 1.807) is 0 Å². The molecule has 3 rings (SSSR count). The van der Waals surface area contributed by atoms with Crippen LogP contribution in [0.15, 0.2) is 48.5 Å². The molecule has 1 fully saturated rings. The Bertz CT molecular complexity index is 840. The third-order valence-electron chi connectivity index (χ3n) is 4.79. The number of benzene rings is 2. The molecule has 29 heavy (non-hydrogen) atoms. The molecule has 1 aliphatic rings. The highest BCUT2D eigenvalue weighted by molar-refractivity contribution is 6.01. The Balaban J connectivity index is 1.37. The van der Waals surface area contributed by atoms with E-state index in [0.29, 0.717) is 25.5 Å². The Morgan fingerprint density at radius 1 is 1.07 bits per heavy atom. The predicted octanol–water partition coefficient (Wildman–Crippen LogP) is 3.40. The van der Waals surface area contributed by atoms with Gasteiger partial charge >= 0.3 is 6.03 Å². The fraction of sp³-hybridized carbons (Fsp3) is 0.333. The highest BCUT2D eigenvalue weighted by atomic mass is 19.1. The number of nitrogens with one attached hydrogen (secondary N) is 2. The summed E-state index contributed by atoms with van der Waals surface area (Å²) in [4.78, 5) is 26.4. The summed E-state index contributed by atoms with van der Waals surface area (Å²) in [7, 11) is 0. The molecule has 1 heterocycles. The minimum absolute atomic E-state index is 0.190. The molecule has 2 N–H and O–H groups in total. The summed E-state index contributed by atoms with van der Waals surface area (Å²) in [5.74, 6) is -1.51. The Kier molecular flexibility index (Phi) is 7.13. The Morgan fingerprint density at radius 2 is 1.79 bits per heavy atom.